The standard InChI is InChI=1S/C14H16N4O3/c1-10-2-3-12-16-13(17-4-6-21-7-5-17)11(8-15-20)14(19)18(12)9-10/h2-3,8-9,20H,4-7H2,1H3/b15-8-. The van der Waals surface area contributed by atoms with Crippen molar-refractivity contribution in [2.24, 2.45) is 5.16 Å². The predicted molar refractivity (Wildman–Crippen MR) is 78.6 cm³/mol. The Kier molecular flexibility index (Phi) is 3.57. The number of pyridine rings is 1. The molecule has 0 unspecified atom stereocenters. The Hall–Kier alpha value is -2.41. The summed E-state index contributed by atoms with van der Waals surface area (Å²) in [5.41, 5.74) is 1.56. The fourth-order valence-electron chi connectivity index (χ4n) is 2.43. The second-order valence-electron chi connectivity index (χ2n) is 4.93. The first kappa shape index (κ1) is 13.6. The summed E-state index contributed by atoms with van der Waals surface area (Å²) in [5.74, 6) is 0.532. The lowest BCUT2D eigenvalue weighted by molar-refractivity contribution is 0.122. The summed E-state index contributed by atoms with van der Waals surface area (Å²) < 4.78 is 6.79. The molecule has 0 spiro atoms. The normalized spacial score (nSPS) is 16.0. The van der Waals surface area contributed by atoms with Crippen LogP contribution in [0.15, 0.2) is 28.3 Å². The largest absolute Gasteiger partial charge is 0.411 e. The van der Waals surface area contributed by atoms with Crippen molar-refractivity contribution in [3.63, 3.8) is 0 Å². The molecule has 3 rings (SSSR count). The summed E-state index contributed by atoms with van der Waals surface area (Å²) in [6.45, 7) is 4.39. The molecule has 2 aromatic heterocycles. The molecule has 0 bridgehead atoms. The van der Waals surface area contributed by atoms with Crippen molar-refractivity contribution in [2.75, 3.05) is 31.2 Å². The Labute approximate surface area is 121 Å². The van der Waals surface area contributed by atoms with Crippen LogP contribution in [0.1, 0.15) is 11.1 Å². The van der Waals surface area contributed by atoms with Gasteiger partial charge in [-0.3, -0.25) is 9.20 Å². The molecule has 0 radical (unpaired) electrons. The summed E-state index contributed by atoms with van der Waals surface area (Å²) in [6, 6.07) is 3.71. The molecule has 1 aliphatic heterocycles. The number of aryl methyl sites for hydroxylation is 1. The number of oxime groups is 1. The lowest BCUT2D eigenvalue weighted by Crippen LogP contribution is -2.39. The first-order valence-electron chi connectivity index (χ1n) is 6.74. The molecule has 0 atom stereocenters. The Morgan fingerprint density at radius 3 is 2.86 bits per heavy atom. The maximum absolute atomic E-state index is 12.6. The van der Waals surface area contributed by atoms with Gasteiger partial charge in [-0.25, -0.2) is 4.98 Å². The Morgan fingerprint density at radius 2 is 2.14 bits per heavy atom. The van der Waals surface area contributed by atoms with Gasteiger partial charge in [0.1, 0.15) is 17.0 Å². The lowest BCUT2D eigenvalue weighted by atomic mass is 10.2. The fraction of sp³-hybridized carbons (Fsp3) is 0.357. The number of rotatable bonds is 2. The number of anilines is 1. The number of fused-ring (bicyclic) bond motifs is 1. The van der Waals surface area contributed by atoms with E-state index < -0.39 is 0 Å². The minimum absolute atomic E-state index is 0.247. The molecule has 110 valence electrons. The molecule has 1 N–H and O–H groups in total. The zero-order chi connectivity index (χ0) is 14.8. The molecule has 0 aliphatic carbocycles. The van der Waals surface area contributed by atoms with Crippen molar-refractivity contribution in [1.82, 2.24) is 9.38 Å². The molecule has 0 aromatic carbocycles. The predicted octanol–water partition coefficient (Wildman–Crippen LogP) is 0.648. The Balaban J connectivity index is 2.24. The van der Waals surface area contributed by atoms with E-state index >= 15 is 0 Å². The highest BCUT2D eigenvalue weighted by Crippen LogP contribution is 2.16. The van der Waals surface area contributed by atoms with E-state index in [1.165, 1.54) is 4.40 Å². The topological polar surface area (TPSA) is 79.4 Å². The van der Waals surface area contributed by atoms with Gasteiger partial charge in [-0.2, -0.15) is 0 Å². The molecule has 1 fully saturated rings. The van der Waals surface area contributed by atoms with Gasteiger partial charge < -0.3 is 14.8 Å². The van der Waals surface area contributed by atoms with Crippen LogP contribution in [-0.2, 0) is 4.74 Å². The highest BCUT2D eigenvalue weighted by Gasteiger charge is 2.19. The maximum atomic E-state index is 12.6. The zero-order valence-corrected chi connectivity index (χ0v) is 11.7. The molecule has 1 aliphatic rings. The molecule has 3 heterocycles. The zero-order valence-electron chi connectivity index (χ0n) is 11.7. The molecular weight excluding hydrogens is 272 g/mol. The van der Waals surface area contributed by atoms with Gasteiger partial charge in [-0.05, 0) is 18.6 Å². The van der Waals surface area contributed by atoms with Gasteiger partial charge in [0.15, 0.2) is 0 Å². The molecule has 21 heavy (non-hydrogen) atoms. The monoisotopic (exact) mass is 288 g/mol. The van der Waals surface area contributed by atoms with E-state index in [4.69, 9.17) is 9.94 Å². The molecule has 0 saturated carbocycles. The van der Waals surface area contributed by atoms with Crippen LogP contribution in [0.4, 0.5) is 5.82 Å². The summed E-state index contributed by atoms with van der Waals surface area (Å²) in [7, 11) is 0. The van der Waals surface area contributed by atoms with Crippen molar-refractivity contribution >= 4 is 17.7 Å². The number of nitrogens with zero attached hydrogens (tertiary/aromatic N) is 4. The SMILES string of the molecule is Cc1ccc2nc(N3CCOCC3)c(/C=N\O)c(=O)n2c1. The molecular formula is C14H16N4O3. The second-order valence-corrected chi connectivity index (χ2v) is 4.93. The smallest absolute Gasteiger partial charge is 0.269 e. The first-order valence-corrected chi connectivity index (χ1v) is 6.74. The number of aromatic nitrogens is 2. The summed E-state index contributed by atoms with van der Waals surface area (Å²) in [5, 5.41) is 11.9. The third-order valence-corrected chi connectivity index (χ3v) is 3.48. The van der Waals surface area contributed by atoms with Crippen molar-refractivity contribution in [3.8, 4) is 0 Å². The van der Waals surface area contributed by atoms with Crippen LogP contribution in [0.25, 0.3) is 5.65 Å². The molecule has 7 heteroatoms. The second kappa shape index (κ2) is 5.53. The third-order valence-electron chi connectivity index (χ3n) is 3.48. The minimum Gasteiger partial charge on any atom is -0.411 e. The minimum atomic E-state index is -0.247. The summed E-state index contributed by atoms with van der Waals surface area (Å²) in [6.07, 6.45) is 2.87. The van der Waals surface area contributed by atoms with Gasteiger partial charge in [0.05, 0.1) is 19.4 Å². The van der Waals surface area contributed by atoms with E-state index in [1.807, 2.05) is 17.9 Å². The van der Waals surface area contributed by atoms with Gasteiger partial charge in [0.2, 0.25) is 0 Å². The van der Waals surface area contributed by atoms with E-state index in [0.29, 0.717) is 37.8 Å². The van der Waals surface area contributed by atoms with Crippen molar-refractivity contribution in [3.05, 3.63) is 39.8 Å². The van der Waals surface area contributed by atoms with E-state index in [2.05, 4.69) is 10.1 Å². The average molecular weight is 288 g/mol. The van der Waals surface area contributed by atoms with Gasteiger partial charge in [-0.1, -0.05) is 11.2 Å². The van der Waals surface area contributed by atoms with E-state index in [9.17, 15) is 4.79 Å². The molecule has 1 saturated heterocycles. The number of morpholine rings is 1. The fourth-order valence-corrected chi connectivity index (χ4v) is 2.43. The van der Waals surface area contributed by atoms with Gasteiger partial charge in [0.25, 0.3) is 5.56 Å². The maximum Gasteiger partial charge on any atom is 0.269 e. The first-order chi connectivity index (χ1) is 10.2. The van der Waals surface area contributed by atoms with Crippen LogP contribution in [0.5, 0.6) is 0 Å². The number of hydrogen-bond donors (Lipinski definition) is 1. The highest BCUT2D eigenvalue weighted by molar-refractivity contribution is 5.86. The van der Waals surface area contributed by atoms with Crippen LogP contribution in [0.2, 0.25) is 0 Å². The van der Waals surface area contributed by atoms with E-state index in [0.717, 1.165) is 11.8 Å². The van der Waals surface area contributed by atoms with Gasteiger partial charge in [0, 0.05) is 19.3 Å². The van der Waals surface area contributed by atoms with E-state index in [-0.39, 0.29) is 11.1 Å². The molecule has 7 nitrogen and oxygen atoms in total. The third kappa shape index (κ3) is 2.47. The number of hydrogen-bond acceptors (Lipinski definition) is 6. The average Bonchev–Trinajstić information content (AvgIpc) is 2.51. The summed E-state index contributed by atoms with van der Waals surface area (Å²) >= 11 is 0. The van der Waals surface area contributed by atoms with Crippen LogP contribution < -0.4 is 10.5 Å². The van der Waals surface area contributed by atoms with Gasteiger partial charge >= 0.3 is 0 Å². The van der Waals surface area contributed by atoms with Gasteiger partial charge in [-0.15, -0.1) is 0 Å². The highest BCUT2D eigenvalue weighted by atomic mass is 16.5. The van der Waals surface area contributed by atoms with Crippen molar-refractivity contribution < 1.29 is 9.94 Å². The molecule has 2 aromatic rings. The van der Waals surface area contributed by atoms with E-state index in [1.54, 1.807) is 12.3 Å². The number of ether oxygens (including phenoxy) is 1. The van der Waals surface area contributed by atoms with Crippen LogP contribution in [0.3, 0.4) is 0 Å². The Bertz CT molecular complexity index is 748. The Morgan fingerprint density at radius 1 is 1.38 bits per heavy atom. The lowest BCUT2D eigenvalue weighted by Gasteiger charge is -2.28. The summed E-state index contributed by atoms with van der Waals surface area (Å²) in [4.78, 5) is 19.1. The van der Waals surface area contributed by atoms with Crippen LogP contribution in [-0.4, -0.2) is 47.1 Å². The van der Waals surface area contributed by atoms with Crippen molar-refractivity contribution in [1.29, 1.82) is 0 Å². The quantitative estimate of drug-likeness (QED) is 0.498. The van der Waals surface area contributed by atoms with Crippen LogP contribution >= 0.6 is 0 Å². The van der Waals surface area contributed by atoms with Crippen molar-refractivity contribution in [2.45, 2.75) is 6.92 Å². The van der Waals surface area contributed by atoms with Crippen LogP contribution in [0, 0.1) is 6.92 Å². The molecule has 0 amide bonds.